The second-order valence-electron chi connectivity index (χ2n) is 14.6. The van der Waals surface area contributed by atoms with Crippen molar-refractivity contribution in [3.05, 3.63) is 112 Å². The zero-order valence-corrected chi connectivity index (χ0v) is 31.7. The molecule has 4 aromatic rings. The van der Waals surface area contributed by atoms with E-state index in [0.29, 0.717) is 36.0 Å². The topological polar surface area (TPSA) is 65.1 Å². The summed E-state index contributed by atoms with van der Waals surface area (Å²) >= 11 is 0. The van der Waals surface area contributed by atoms with Crippen LogP contribution in [0, 0.1) is 17.9 Å². The molecule has 0 radical (unpaired) electrons. The molecule has 0 saturated carbocycles. The van der Waals surface area contributed by atoms with Gasteiger partial charge in [-0.05, 0) is 99.2 Å². The molecule has 6 heteroatoms. The van der Waals surface area contributed by atoms with Gasteiger partial charge in [0.25, 0.3) is 0 Å². The number of hydrogen-bond acceptors (Lipinski definition) is 5. The van der Waals surface area contributed by atoms with Crippen LogP contribution in [0.1, 0.15) is 132 Å². The minimum atomic E-state index is -0.364. The normalized spacial score (nSPS) is 15.4. The van der Waals surface area contributed by atoms with Crippen LogP contribution in [0.5, 0.6) is 34.5 Å². The Hall–Kier alpha value is -4.94. The van der Waals surface area contributed by atoms with E-state index in [0.717, 1.165) is 61.5 Å². The second kappa shape index (κ2) is 18.7. The molecule has 1 atom stereocenters. The van der Waals surface area contributed by atoms with Gasteiger partial charge in [0.15, 0.2) is 5.69 Å². The van der Waals surface area contributed by atoms with E-state index in [2.05, 4.69) is 49.0 Å². The molecular formula is C47H54N2O4. The summed E-state index contributed by atoms with van der Waals surface area (Å²) in [6.07, 6.45) is 18.1. The molecule has 1 spiro atoms. The Bertz CT molecular complexity index is 1750. The first kappa shape index (κ1) is 37.8. The van der Waals surface area contributed by atoms with Crippen molar-refractivity contribution in [3.63, 3.8) is 0 Å². The molecule has 2 aliphatic carbocycles. The Labute approximate surface area is 316 Å². The van der Waals surface area contributed by atoms with Crippen LogP contribution >= 0.6 is 0 Å². The van der Waals surface area contributed by atoms with Crippen LogP contribution in [0.25, 0.3) is 4.85 Å². The zero-order chi connectivity index (χ0) is 36.9. The van der Waals surface area contributed by atoms with Gasteiger partial charge >= 0.3 is 0 Å². The fourth-order valence-corrected chi connectivity index (χ4v) is 8.20. The van der Waals surface area contributed by atoms with Gasteiger partial charge in [0.2, 0.25) is 0 Å². The lowest BCUT2D eigenvalue weighted by Crippen LogP contribution is -2.23. The van der Waals surface area contributed by atoms with E-state index >= 15 is 0 Å². The fraction of sp³-hybridized carbons (Fsp3) is 0.447. The third-order valence-electron chi connectivity index (χ3n) is 10.9. The van der Waals surface area contributed by atoms with Crippen LogP contribution in [0.2, 0.25) is 0 Å². The molecule has 276 valence electrons. The summed E-state index contributed by atoms with van der Waals surface area (Å²) in [4.78, 5) is 3.57. The average molecular weight is 711 g/mol. The summed E-state index contributed by atoms with van der Waals surface area (Å²) in [6, 6.07) is 25.2. The molecule has 2 aliphatic rings. The van der Waals surface area contributed by atoms with Gasteiger partial charge in [-0.15, -0.1) is 0 Å². The highest BCUT2D eigenvalue weighted by molar-refractivity contribution is 5.68. The van der Waals surface area contributed by atoms with Crippen LogP contribution in [0.3, 0.4) is 0 Å². The molecule has 0 heterocycles. The number of ether oxygens (including phenoxy) is 4. The summed E-state index contributed by atoms with van der Waals surface area (Å²) in [5.74, 6) is 4.91. The molecule has 6 rings (SSSR count). The standard InChI is InChI=1S/C47H54N2O4/c1-4-6-8-10-12-14-32-50-41-24-26-43(52-37-20-16-35(34-48)17-21-37)45-39(41)28-30-47(45)31-29-40-42(51-33-15-13-11-9-7-5-2)25-27-44(46(40)47)53-38-22-18-36(49-3)19-23-38/h16-27H,4-15,28-33H2,1-2H3. The Morgan fingerprint density at radius 3 is 1.47 bits per heavy atom. The molecule has 0 aromatic heterocycles. The van der Waals surface area contributed by atoms with Crippen molar-refractivity contribution in [1.29, 1.82) is 5.26 Å². The lowest BCUT2D eigenvalue weighted by molar-refractivity contribution is 0.301. The smallest absolute Gasteiger partial charge is 0.187 e. The number of hydrogen-bond donors (Lipinski definition) is 0. The van der Waals surface area contributed by atoms with Crippen molar-refractivity contribution in [2.75, 3.05) is 13.2 Å². The first-order chi connectivity index (χ1) is 26.1. The summed E-state index contributed by atoms with van der Waals surface area (Å²) < 4.78 is 26.6. The largest absolute Gasteiger partial charge is 0.493 e. The monoisotopic (exact) mass is 710 g/mol. The molecule has 0 amide bonds. The highest BCUT2D eigenvalue weighted by Gasteiger charge is 2.50. The van der Waals surface area contributed by atoms with Crippen LogP contribution in [-0.4, -0.2) is 13.2 Å². The molecule has 53 heavy (non-hydrogen) atoms. The molecule has 0 bridgehead atoms. The average Bonchev–Trinajstić information content (AvgIpc) is 3.78. The fourth-order valence-electron chi connectivity index (χ4n) is 8.20. The Morgan fingerprint density at radius 1 is 0.585 bits per heavy atom. The SMILES string of the molecule is [C-]#[N+]c1ccc(Oc2ccc(OCCCCCCCC)c3c2C2(CCc4c(OCCCCCCCC)ccc(Oc5ccc(C#N)cc5)c42)CC3)cc1. The minimum absolute atomic E-state index is 0.364. The van der Waals surface area contributed by atoms with Gasteiger partial charge in [-0.3, -0.25) is 0 Å². The van der Waals surface area contributed by atoms with Gasteiger partial charge < -0.3 is 18.9 Å². The number of rotatable bonds is 20. The zero-order valence-electron chi connectivity index (χ0n) is 31.7. The minimum Gasteiger partial charge on any atom is -0.493 e. The van der Waals surface area contributed by atoms with E-state index in [4.69, 9.17) is 25.5 Å². The van der Waals surface area contributed by atoms with Crippen LogP contribution < -0.4 is 18.9 Å². The van der Waals surface area contributed by atoms with E-state index in [1.165, 1.54) is 86.5 Å². The lowest BCUT2D eigenvalue weighted by atomic mass is 9.75. The van der Waals surface area contributed by atoms with E-state index in [1.54, 1.807) is 24.3 Å². The molecule has 0 aliphatic heterocycles. The van der Waals surface area contributed by atoms with Crippen molar-refractivity contribution in [3.8, 4) is 40.6 Å². The molecular weight excluding hydrogens is 657 g/mol. The van der Waals surface area contributed by atoms with Crippen LogP contribution in [0.15, 0.2) is 72.8 Å². The third-order valence-corrected chi connectivity index (χ3v) is 10.9. The molecule has 1 unspecified atom stereocenters. The summed E-state index contributed by atoms with van der Waals surface area (Å²) in [5, 5.41) is 9.40. The van der Waals surface area contributed by atoms with Crippen molar-refractivity contribution in [2.45, 2.75) is 122 Å². The van der Waals surface area contributed by atoms with Gasteiger partial charge in [-0.1, -0.05) is 90.2 Å². The molecule has 0 saturated heterocycles. The number of nitriles is 1. The predicted octanol–water partition coefficient (Wildman–Crippen LogP) is 13.4. The summed E-state index contributed by atoms with van der Waals surface area (Å²) in [6.45, 7) is 13.3. The van der Waals surface area contributed by atoms with Gasteiger partial charge in [-0.25, -0.2) is 4.85 Å². The maximum atomic E-state index is 9.40. The van der Waals surface area contributed by atoms with Crippen molar-refractivity contribution in [2.24, 2.45) is 0 Å². The number of fused-ring (bicyclic) bond motifs is 4. The van der Waals surface area contributed by atoms with Crippen molar-refractivity contribution < 1.29 is 18.9 Å². The Balaban J connectivity index is 1.36. The van der Waals surface area contributed by atoms with E-state index in [-0.39, 0.29) is 5.41 Å². The van der Waals surface area contributed by atoms with Crippen molar-refractivity contribution in [1.82, 2.24) is 0 Å². The van der Waals surface area contributed by atoms with E-state index in [9.17, 15) is 5.26 Å². The maximum Gasteiger partial charge on any atom is 0.187 e. The van der Waals surface area contributed by atoms with Crippen LogP contribution in [-0.2, 0) is 18.3 Å². The van der Waals surface area contributed by atoms with E-state index in [1.807, 2.05) is 24.3 Å². The van der Waals surface area contributed by atoms with Gasteiger partial charge in [0.05, 0.1) is 31.4 Å². The van der Waals surface area contributed by atoms with E-state index < -0.39 is 0 Å². The predicted molar refractivity (Wildman–Crippen MR) is 212 cm³/mol. The summed E-state index contributed by atoms with van der Waals surface area (Å²) in [7, 11) is 0. The first-order valence-electron chi connectivity index (χ1n) is 20.0. The van der Waals surface area contributed by atoms with Gasteiger partial charge in [0, 0.05) is 27.7 Å². The van der Waals surface area contributed by atoms with Crippen molar-refractivity contribution >= 4 is 5.69 Å². The first-order valence-corrected chi connectivity index (χ1v) is 20.0. The van der Waals surface area contributed by atoms with Gasteiger partial charge in [0.1, 0.15) is 34.5 Å². The lowest BCUT2D eigenvalue weighted by Gasteiger charge is -2.30. The highest BCUT2D eigenvalue weighted by atomic mass is 16.5. The molecule has 4 aromatic carbocycles. The number of unbranched alkanes of at least 4 members (excludes halogenated alkanes) is 10. The Morgan fingerprint density at radius 2 is 1.02 bits per heavy atom. The third kappa shape index (κ3) is 9.00. The Kier molecular flexibility index (Phi) is 13.3. The second-order valence-corrected chi connectivity index (χ2v) is 14.6. The molecule has 0 N–H and O–H groups in total. The quantitative estimate of drug-likeness (QED) is 0.0675. The number of benzene rings is 4. The maximum absolute atomic E-state index is 9.40. The van der Waals surface area contributed by atoms with Gasteiger partial charge in [-0.2, -0.15) is 5.26 Å². The summed E-state index contributed by atoms with van der Waals surface area (Å²) in [5.41, 5.74) is 5.58. The molecule has 6 nitrogen and oxygen atoms in total. The highest BCUT2D eigenvalue weighted by Crippen LogP contribution is 2.61. The molecule has 0 fully saturated rings. The number of nitrogens with zero attached hydrogens (tertiary/aromatic N) is 2. The van der Waals surface area contributed by atoms with Crippen LogP contribution in [0.4, 0.5) is 5.69 Å².